The van der Waals surface area contributed by atoms with Crippen LogP contribution in [0.3, 0.4) is 0 Å². The van der Waals surface area contributed by atoms with Crippen molar-refractivity contribution in [1.29, 1.82) is 0 Å². The van der Waals surface area contributed by atoms with Gasteiger partial charge in [0.1, 0.15) is 11.5 Å². The van der Waals surface area contributed by atoms with Gasteiger partial charge in [-0.3, -0.25) is 0 Å². The third-order valence-electron chi connectivity index (χ3n) is 4.51. The minimum Gasteiger partial charge on any atom is -0.423 e. The first-order valence-electron chi connectivity index (χ1n) is 9.65. The quantitative estimate of drug-likeness (QED) is 0.305. The second kappa shape index (κ2) is 10.8. The Morgan fingerprint density at radius 3 is 1.53 bits per heavy atom. The molecule has 0 aliphatic heterocycles. The highest BCUT2D eigenvalue weighted by atomic mass is 16.5. The van der Waals surface area contributed by atoms with Gasteiger partial charge in [-0.25, -0.2) is 9.59 Å². The standard InChI is InChI=1S/C26H26O4/c1-6-10-21-16-19(12-14-23(21)29-25(27)8-3)18(5)20-13-15-24(30-26(28)9-4)22(17-20)11-7-2/h6-18H,3-4H2,1-2,5H3/b10-6-,11-7-. The van der Waals surface area contributed by atoms with Gasteiger partial charge in [0.25, 0.3) is 0 Å². The normalized spacial score (nSPS) is 11.1. The lowest BCUT2D eigenvalue weighted by Crippen LogP contribution is -2.06. The van der Waals surface area contributed by atoms with Gasteiger partial charge >= 0.3 is 11.9 Å². The summed E-state index contributed by atoms with van der Waals surface area (Å²) in [4.78, 5) is 23.2. The largest absolute Gasteiger partial charge is 0.423 e. The highest BCUT2D eigenvalue weighted by Crippen LogP contribution is 2.32. The van der Waals surface area contributed by atoms with Gasteiger partial charge in [0.2, 0.25) is 0 Å². The zero-order valence-electron chi connectivity index (χ0n) is 17.6. The summed E-state index contributed by atoms with van der Waals surface area (Å²) < 4.78 is 10.7. The van der Waals surface area contributed by atoms with Crippen LogP contribution in [0.25, 0.3) is 12.2 Å². The Morgan fingerprint density at radius 1 is 0.800 bits per heavy atom. The van der Waals surface area contributed by atoms with Crippen molar-refractivity contribution in [1.82, 2.24) is 0 Å². The van der Waals surface area contributed by atoms with E-state index in [2.05, 4.69) is 20.1 Å². The Labute approximate surface area is 177 Å². The van der Waals surface area contributed by atoms with E-state index in [1.165, 1.54) is 0 Å². The fraction of sp³-hybridized carbons (Fsp3) is 0.154. The first kappa shape index (κ1) is 22.6. The number of rotatable bonds is 8. The maximum atomic E-state index is 11.6. The Bertz CT molecular complexity index is 930. The van der Waals surface area contributed by atoms with Gasteiger partial charge < -0.3 is 9.47 Å². The average molecular weight is 402 g/mol. The van der Waals surface area contributed by atoms with Crippen LogP contribution in [0.2, 0.25) is 0 Å². The number of ether oxygens (including phenoxy) is 2. The van der Waals surface area contributed by atoms with Crippen LogP contribution < -0.4 is 9.47 Å². The molecule has 0 bridgehead atoms. The summed E-state index contributed by atoms with van der Waals surface area (Å²) in [5.41, 5.74) is 3.73. The molecule has 0 aliphatic carbocycles. The Morgan fingerprint density at radius 2 is 1.20 bits per heavy atom. The molecule has 2 rings (SSSR count). The number of carbonyl (C=O) groups is 2. The summed E-state index contributed by atoms with van der Waals surface area (Å²) in [6, 6.07) is 11.4. The first-order chi connectivity index (χ1) is 14.4. The highest BCUT2D eigenvalue weighted by molar-refractivity contribution is 5.84. The highest BCUT2D eigenvalue weighted by Gasteiger charge is 2.15. The van der Waals surface area contributed by atoms with Crippen LogP contribution in [-0.4, -0.2) is 11.9 Å². The lowest BCUT2D eigenvalue weighted by Gasteiger charge is -2.17. The molecule has 0 aromatic heterocycles. The van der Waals surface area contributed by atoms with E-state index in [0.29, 0.717) is 11.5 Å². The van der Waals surface area contributed by atoms with Gasteiger partial charge in [-0.05, 0) is 49.2 Å². The fourth-order valence-electron chi connectivity index (χ4n) is 2.97. The monoisotopic (exact) mass is 402 g/mol. The summed E-state index contributed by atoms with van der Waals surface area (Å²) in [5.74, 6) is 0.0289. The van der Waals surface area contributed by atoms with Crippen LogP contribution in [0, 0.1) is 0 Å². The molecular formula is C26H26O4. The fourth-order valence-corrected chi connectivity index (χ4v) is 2.97. The van der Waals surface area contributed by atoms with Gasteiger partial charge in [0.05, 0.1) is 0 Å². The van der Waals surface area contributed by atoms with Crippen LogP contribution >= 0.6 is 0 Å². The molecule has 4 heteroatoms. The van der Waals surface area contributed by atoms with Crippen LogP contribution in [-0.2, 0) is 9.59 Å². The van der Waals surface area contributed by atoms with Crippen LogP contribution in [0.4, 0.5) is 0 Å². The average Bonchev–Trinajstić information content (AvgIpc) is 2.75. The third-order valence-corrected chi connectivity index (χ3v) is 4.51. The van der Waals surface area contributed by atoms with Gasteiger partial charge in [0, 0.05) is 29.2 Å². The van der Waals surface area contributed by atoms with E-state index < -0.39 is 11.9 Å². The molecule has 0 spiro atoms. The molecule has 2 aromatic carbocycles. The molecule has 0 saturated heterocycles. The summed E-state index contributed by atoms with van der Waals surface area (Å²) in [6.07, 6.45) is 9.85. The van der Waals surface area contributed by atoms with Crippen LogP contribution in [0.15, 0.2) is 73.9 Å². The van der Waals surface area contributed by atoms with E-state index in [1.54, 1.807) is 12.1 Å². The number of hydrogen-bond acceptors (Lipinski definition) is 4. The lowest BCUT2D eigenvalue weighted by molar-refractivity contribution is -0.129. The van der Waals surface area contributed by atoms with E-state index in [-0.39, 0.29) is 5.92 Å². The van der Waals surface area contributed by atoms with Gasteiger partial charge in [-0.2, -0.15) is 0 Å². The third kappa shape index (κ3) is 5.67. The zero-order valence-corrected chi connectivity index (χ0v) is 17.6. The number of esters is 2. The Balaban J connectivity index is 2.42. The van der Waals surface area contributed by atoms with Crippen molar-refractivity contribution >= 4 is 24.1 Å². The van der Waals surface area contributed by atoms with E-state index in [0.717, 1.165) is 34.4 Å². The van der Waals surface area contributed by atoms with Crippen molar-refractivity contribution in [2.75, 3.05) is 0 Å². The summed E-state index contributed by atoms with van der Waals surface area (Å²) >= 11 is 0. The van der Waals surface area contributed by atoms with Gasteiger partial charge in [-0.1, -0.05) is 56.5 Å². The second-order valence-electron chi connectivity index (χ2n) is 6.57. The van der Waals surface area contributed by atoms with Crippen molar-refractivity contribution < 1.29 is 19.1 Å². The van der Waals surface area contributed by atoms with Crippen molar-refractivity contribution in [3.8, 4) is 11.5 Å². The predicted molar refractivity (Wildman–Crippen MR) is 121 cm³/mol. The topological polar surface area (TPSA) is 52.6 Å². The number of hydrogen-bond donors (Lipinski definition) is 0. The Hall–Kier alpha value is -3.66. The summed E-state index contributed by atoms with van der Waals surface area (Å²) in [5, 5.41) is 0. The van der Waals surface area contributed by atoms with E-state index in [1.807, 2.05) is 62.4 Å². The van der Waals surface area contributed by atoms with Gasteiger partial charge in [0.15, 0.2) is 0 Å². The minimum atomic E-state index is -0.498. The molecule has 0 amide bonds. The zero-order chi connectivity index (χ0) is 22.1. The van der Waals surface area contributed by atoms with E-state index in [4.69, 9.17) is 9.47 Å². The Kier molecular flexibility index (Phi) is 8.12. The number of carbonyl (C=O) groups excluding carboxylic acids is 2. The summed E-state index contributed by atoms with van der Waals surface area (Å²) in [7, 11) is 0. The molecule has 4 nitrogen and oxygen atoms in total. The lowest BCUT2D eigenvalue weighted by atomic mass is 9.90. The first-order valence-corrected chi connectivity index (χ1v) is 9.65. The molecule has 30 heavy (non-hydrogen) atoms. The molecule has 0 heterocycles. The van der Waals surface area contributed by atoms with Crippen molar-refractivity contribution in [2.24, 2.45) is 0 Å². The molecule has 0 N–H and O–H groups in total. The maximum absolute atomic E-state index is 11.6. The molecule has 0 radical (unpaired) electrons. The predicted octanol–water partition coefficient (Wildman–Crippen LogP) is 6.09. The van der Waals surface area contributed by atoms with Crippen molar-refractivity contribution in [3.05, 3.63) is 96.1 Å². The second-order valence-corrected chi connectivity index (χ2v) is 6.57. The minimum absolute atomic E-state index is 0.0614. The smallest absolute Gasteiger partial charge is 0.335 e. The van der Waals surface area contributed by atoms with E-state index in [9.17, 15) is 9.59 Å². The molecule has 0 saturated carbocycles. The SMILES string of the molecule is C=CC(=O)Oc1ccc(C(C)c2ccc(OC(=O)C=C)c(/C=C\C)c2)cc1/C=C\C. The molecule has 154 valence electrons. The molecule has 0 fully saturated rings. The maximum Gasteiger partial charge on any atom is 0.335 e. The molecule has 0 aliphatic rings. The molecular weight excluding hydrogens is 376 g/mol. The molecule has 0 unspecified atom stereocenters. The van der Waals surface area contributed by atoms with Gasteiger partial charge in [-0.15, -0.1) is 0 Å². The van der Waals surface area contributed by atoms with Crippen LogP contribution in [0.1, 0.15) is 48.9 Å². The number of benzene rings is 2. The van der Waals surface area contributed by atoms with Crippen molar-refractivity contribution in [2.45, 2.75) is 26.7 Å². The number of allylic oxidation sites excluding steroid dienone is 2. The molecule has 0 atom stereocenters. The van der Waals surface area contributed by atoms with Crippen LogP contribution in [0.5, 0.6) is 11.5 Å². The summed E-state index contributed by atoms with van der Waals surface area (Å²) in [6.45, 7) is 12.8. The van der Waals surface area contributed by atoms with E-state index >= 15 is 0 Å². The van der Waals surface area contributed by atoms with Crippen molar-refractivity contribution in [3.63, 3.8) is 0 Å². The molecule has 2 aromatic rings.